The lowest BCUT2D eigenvalue weighted by atomic mass is 10.1. The molecular formula is C19H21Cl2NO3. The Hall–Kier alpha value is -1.91. The van der Waals surface area contributed by atoms with Gasteiger partial charge in [-0.3, -0.25) is 4.79 Å². The molecule has 134 valence electrons. The average molecular weight is 382 g/mol. The highest BCUT2D eigenvalue weighted by molar-refractivity contribution is 6.42. The van der Waals surface area contributed by atoms with Gasteiger partial charge in [-0.1, -0.05) is 41.4 Å². The Bertz CT molecular complexity index is 722. The lowest BCUT2D eigenvalue weighted by Gasteiger charge is -2.16. The molecule has 2 aromatic rings. The second-order valence-corrected chi connectivity index (χ2v) is 6.49. The Balaban J connectivity index is 1.77. The molecule has 0 heterocycles. The lowest BCUT2D eigenvalue weighted by molar-refractivity contribution is -0.121. The Kier molecular flexibility index (Phi) is 7.41. The normalized spacial score (nSPS) is 11.7. The fourth-order valence-electron chi connectivity index (χ4n) is 2.29. The predicted octanol–water partition coefficient (Wildman–Crippen LogP) is 4.52. The van der Waals surface area contributed by atoms with E-state index in [4.69, 9.17) is 32.7 Å². The van der Waals surface area contributed by atoms with Crippen molar-refractivity contribution in [2.24, 2.45) is 0 Å². The summed E-state index contributed by atoms with van der Waals surface area (Å²) in [6, 6.07) is 12.7. The van der Waals surface area contributed by atoms with Crippen LogP contribution in [-0.2, 0) is 11.2 Å². The van der Waals surface area contributed by atoms with E-state index in [-0.39, 0.29) is 11.9 Å². The number of hydrogen-bond acceptors (Lipinski definition) is 3. The van der Waals surface area contributed by atoms with Crippen LogP contribution in [-0.4, -0.2) is 25.7 Å². The van der Waals surface area contributed by atoms with Crippen LogP contribution in [0, 0.1) is 0 Å². The highest BCUT2D eigenvalue weighted by Gasteiger charge is 2.10. The van der Waals surface area contributed by atoms with Gasteiger partial charge in [0.1, 0.15) is 6.61 Å². The van der Waals surface area contributed by atoms with Crippen molar-refractivity contribution in [1.29, 1.82) is 0 Å². The molecule has 1 N–H and O–H groups in total. The Morgan fingerprint density at radius 1 is 1.12 bits per heavy atom. The molecule has 0 saturated heterocycles. The minimum Gasteiger partial charge on any atom is -0.493 e. The summed E-state index contributed by atoms with van der Waals surface area (Å²) in [4.78, 5) is 12.1. The van der Waals surface area contributed by atoms with E-state index in [0.29, 0.717) is 41.0 Å². The number of aryl methyl sites for hydroxylation is 1. The van der Waals surface area contributed by atoms with Gasteiger partial charge in [-0.2, -0.15) is 0 Å². The first-order valence-corrected chi connectivity index (χ1v) is 8.74. The lowest BCUT2D eigenvalue weighted by Crippen LogP contribution is -2.36. The summed E-state index contributed by atoms with van der Waals surface area (Å²) >= 11 is 11.9. The van der Waals surface area contributed by atoms with Crippen LogP contribution in [0.4, 0.5) is 0 Å². The molecule has 0 spiro atoms. The fourth-order valence-corrected chi connectivity index (χ4v) is 2.62. The van der Waals surface area contributed by atoms with Gasteiger partial charge in [-0.15, -0.1) is 0 Å². The van der Waals surface area contributed by atoms with E-state index in [1.165, 1.54) is 0 Å². The highest BCUT2D eigenvalue weighted by Crippen LogP contribution is 2.26. The Morgan fingerprint density at radius 3 is 2.52 bits per heavy atom. The number of rotatable bonds is 8. The van der Waals surface area contributed by atoms with Crippen molar-refractivity contribution in [3.63, 3.8) is 0 Å². The van der Waals surface area contributed by atoms with Gasteiger partial charge < -0.3 is 14.8 Å². The fraction of sp³-hybridized carbons (Fsp3) is 0.316. The number of amides is 1. The molecule has 2 aromatic carbocycles. The van der Waals surface area contributed by atoms with Crippen molar-refractivity contribution in [2.45, 2.75) is 25.8 Å². The van der Waals surface area contributed by atoms with Crippen LogP contribution in [0.15, 0.2) is 42.5 Å². The minimum atomic E-state index is -0.119. The second kappa shape index (κ2) is 9.54. The first-order valence-electron chi connectivity index (χ1n) is 7.98. The Labute approximate surface area is 158 Å². The topological polar surface area (TPSA) is 47.6 Å². The third kappa shape index (κ3) is 6.15. The molecule has 1 amide bonds. The number of carbonyl (C=O) groups is 1. The standard InChI is InChI=1S/C19H21Cl2NO3/c1-13(12-25-18-6-4-3-5-17(18)24-2)22-19(23)10-8-14-7-9-15(20)16(21)11-14/h3-7,9,11,13H,8,10,12H2,1-2H3,(H,22,23). The maximum absolute atomic E-state index is 12.1. The van der Waals surface area contributed by atoms with Gasteiger partial charge in [0.25, 0.3) is 0 Å². The maximum Gasteiger partial charge on any atom is 0.220 e. The molecule has 0 radical (unpaired) electrons. The van der Waals surface area contributed by atoms with Crippen molar-refractivity contribution in [1.82, 2.24) is 5.32 Å². The maximum atomic E-state index is 12.1. The number of halogens is 2. The zero-order valence-corrected chi connectivity index (χ0v) is 15.7. The van der Waals surface area contributed by atoms with Gasteiger partial charge in [-0.25, -0.2) is 0 Å². The summed E-state index contributed by atoms with van der Waals surface area (Å²) in [5.41, 5.74) is 0.975. The molecule has 0 aliphatic rings. The van der Waals surface area contributed by atoms with E-state index < -0.39 is 0 Å². The second-order valence-electron chi connectivity index (χ2n) is 5.68. The first-order chi connectivity index (χ1) is 12.0. The third-order valence-electron chi connectivity index (χ3n) is 3.59. The molecule has 0 aliphatic heterocycles. The van der Waals surface area contributed by atoms with Crippen molar-refractivity contribution >= 4 is 29.1 Å². The molecule has 0 aliphatic carbocycles. The summed E-state index contributed by atoms with van der Waals surface area (Å²) in [5.74, 6) is 1.28. The van der Waals surface area contributed by atoms with Crippen LogP contribution < -0.4 is 14.8 Å². The van der Waals surface area contributed by atoms with Crippen molar-refractivity contribution in [3.05, 3.63) is 58.1 Å². The molecule has 6 heteroatoms. The Morgan fingerprint density at radius 2 is 1.84 bits per heavy atom. The van der Waals surface area contributed by atoms with E-state index >= 15 is 0 Å². The molecule has 1 unspecified atom stereocenters. The zero-order valence-electron chi connectivity index (χ0n) is 14.2. The number of nitrogens with one attached hydrogen (secondary N) is 1. The molecule has 25 heavy (non-hydrogen) atoms. The van der Waals surface area contributed by atoms with Crippen LogP contribution in [0.1, 0.15) is 18.9 Å². The van der Waals surface area contributed by atoms with Crippen LogP contribution in [0.5, 0.6) is 11.5 Å². The van der Waals surface area contributed by atoms with Crippen molar-refractivity contribution in [2.75, 3.05) is 13.7 Å². The molecule has 0 saturated carbocycles. The zero-order chi connectivity index (χ0) is 18.2. The molecule has 0 aromatic heterocycles. The third-order valence-corrected chi connectivity index (χ3v) is 4.33. The predicted molar refractivity (Wildman–Crippen MR) is 101 cm³/mol. The summed E-state index contributed by atoms with van der Waals surface area (Å²) in [6.07, 6.45) is 0.972. The summed E-state index contributed by atoms with van der Waals surface area (Å²) in [5, 5.41) is 3.93. The van der Waals surface area contributed by atoms with Crippen molar-refractivity contribution in [3.8, 4) is 11.5 Å². The van der Waals surface area contributed by atoms with Crippen LogP contribution in [0.25, 0.3) is 0 Å². The largest absolute Gasteiger partial charge is 0.493 e. The monoisotopic (exact) mass is 381 g/mol. The molecule has 1 atom stereocenters. The highest BCUT2D eigenvalue weighted by atomic mass is 35.5. The minimum absolute atomic E-state index is 0.0396. The van der Waals surface area contributed by atoms with Crippen LogP contribution in [0.3, 0.4) is 0 Å². The first kappa shape index (κ1) is 19.4. The van der Waals surface area contributed by atoms with E-state index in [9.17, 15) is 4.79 Å². The van der Waals surface area contributed by atoms with Crippen molar-refractivity contribution < 1.29 is 14.3 Å². The molecule has 4 nitrogen and oxygen atoms in total. The SMILES string of the molecule is COc1ccccc1OCC(C)NC(=O)CCc1ccc(Cl)c(Cl)c1. The van der Waals surface area contributed by atoms with Gasteiger partial charge >= 0.3 is 0 Å². The van der Waals surface area contributed by atoms with E-state index in [1.807, 2.05) is 37.3 Å². The van der Waals surface area contributed by atoms with Gasteiger partial charge in [0, 0.05) is 6.42 Å². The smallest absolute Gasteiger partial charge is 0.220 e. The summed E-state index contributed by atoms with van der Waals surface area (Å²) in [7, 11) is 1.59. The van der Waals surface area contributed by atoms with Crippen LogP contribution in [0.2, 0.25) is 10.0 Å². The molecule has 0 fully saturated rings. The number of methoxy groups -OCH3 is 1. The number of para-hydroxylation sites is 2. The molecule has 0 bridgehead atoms. The van der Waals surface area contributed by atoms with Gasteiger partial charge in [0.15, 0.2) is 11.5 Å². The number of hydrogen-bond donors (Lipinski definition) is 1. The summed E-state index contributed by atoms with van der Waals surface area (Å²) < 4.78 is 10.9. The van der Waals surface area contributed by atoms with Gasteiger partial charge in [0.2, 0.25) is 5.91 Å². The number of ether oxygens (including phenoxy) is 2. The number of benzene rings is 2. The van der Waals surface area contributed by atoms with Crippen LogP contribution >= 0.6 is 23.2 Å². The quantitative estimate of drug-likeness (QED) is 0.730. The average Bonchev–Trinajstić information content (AvgIpc) is 2.61. The summed E-state index contributed by atoms with van der Waals surface area (Å²) in [6.45, 7) is 2.26. The van der Waals surface area contributed by atoms with Gasteiger partial charge in [-0.05, 0) is 43.2 Å². The van der Waals surface area contributed by atoms with E-state index in [1.54, 1.807) is 19.2 Å². The number of carbonyl (C=O) groups excluding carboxylic acids is 1. The molecule has 2 rings (SSSR count). The molecular weight excluding hydrogens is 361 g/mol. The van der Waals surface area contributed by atoms with E-state index in [0.717, 1.165) is 5.56 Å². The van der Waals surface area contributed by atoms with Gasteiger partial charge in [0.05, 0.1) is 23.2 Å². The van der Waals surface area contributed by atoms with E-state index in [2.05, 4.69) is 5.32 Å².